The van der Waals surface area contributed by atoms with Crippen molar-refractivity contribution < 1.29 is 4.79 Å². The third-order valence-corrected chi connectivity index (χ3v) is 3.23. The van der Waals surface area contributed by atoms with Gasteiger partial charge in [0.2, 0.25) is 0 Å². The topological polar surface area (TPSA) is 52.9 Å². The number of anilines is 1. The van der Waals surface area contributed by atoms with E-state index < -0.39 is 0 Å². The summed E-state index contributed by atoms with van der Waals surface area (Å²) in [6.07, 6.45) is 0.768. The van der Waals surface area contributed by atoms with E-state index in [2.05, 4.69) is 5.32 Å². The Morgan fingerprint density at radius 3 is 2.75 bits per heavy atom. The highest BCUT2D eigenvalue weighted by Gasteiger charge is 2.12. The molecule has 0 fully saturated rings. The molecular formula is C16H13ClN2O. The summed E-state index contributed by atoms with van der Waals surface area (Å²) in [5.74, 6) is -0.235. The second-order valence-corrected chi connectivity index (χ2v) is 4.70. The highest BCUT2D eigenvalue weighted by atomic mass is 35.5. The van der Waals surface area contributed by atoms with Crippen molar-refractivity contribution in [2.45, 2.75) is 13.3 Å². The van der Waals surface area contributed by atoms with E-state index in [0.717, 1.165) is 12.0 Å². The number of nitrogens with one attached hydrogen (secondary N) is 1. The molecule has 1 amide bonds. The zero-order chi connectivity index (χ0) is 14.5. The van der Waals surface area contributed by atoms with Crippen molar-refractivity contribution in [3.63, 3.8) is 0 Å². The minimum atomic E-state index is -0.235. The van der Waals surface area contributed by atoms with Gasteiger partial charge in [-0.2, -0.15) is 5.26 Å². The van der Waals surface area contributed by atoms with Crippen molar-refractivity contribution in [2.75, 3.05) is 5.32 Å². The standard InChI is InChI=1S/C16H13ClN2O/c1-2-11-5-3-4-6-14(11)16(20)19-15-9-13(17)8-7-12(15)10-18/h3-9H,2H2,1H3,(H,19,20). The van der Waals surface area contributed by atoms with Crippen molar-refractivity contribution in [1.29, 1.82) is 5.26 Å². The van der Waals surface area contributed by atoms with Gasteiger partial charge in [0.25, 0.3) is 5.91 Å². The van der Waals surface area contributed by atoms with Crippen LogP contribution in [0.4, 0.5) is 5.69 Å². The van der Waals surface area contributed by atoms with Crippen molar-refractivity contribution in [3.05, 3.63) is 64.2 Å². The van der Waals surface area contributed by atoms with Gasteiger partial charge < -0.3 is 5.32 Å². The monoisotopic (exact) mass is 284 g/mol. The van der Waals surface area contributed by atoms with Crippen molar-refractivity contribution in [1.82, 2.24) is 0 Å². The number of benzene rings is 2. The number of carbonyl (C=O) groups excluding carboxylic acids is 1. The summed E-state index contributed by atoms with van der Waals surface area (Å²) in [5.41, 5.74) is 2.39. The third-order valence-electron chi connectivity index (χ3n) is 2.99. The second kappa shape index (κ2) is 6.23. The molecule has 4 heteroatoms. The summed E-state index contributed by atoms with van der Waals surface area (Å²) in [6.45, 7) is 1.99. The first-order chi connectivity index (χ1) is 9.65. The maximum absolute atomic E-state index is 12.3. The van der Waals surface area contributed by atoms with Crippen LogP contribution in [0.25, 0.3) is 0 Å². The Kier molecular flexibility index (Phi) is 4.39. The molecule has 0 bridgehead atoms. The average molecular weight is 285 g/mol. The molecule has 0 unspecified atom stereocenters. The summed E-state index contributed by atoms with van der Waals surface area (Å²) in [4.78, 5) is 12.3. The van der Waals surface area contributed by atoms with Gasteiger partial charge in [0.05, 0.1) is 11.3 Å². The smallest absolute Gasteiger partial charge is 0.255 e. The number of amides is 1. The Balaban J connectivity index is 2.33. The molecule has 0 spiro atoms. The quantitative estimate of drug-likeness (QED) is 0.925. The molecule has 0 radical (unpaired) electrons. The van der Waals surface area contributed by atoms with Crippen LogP contribution in [-0.2, 0) is 6.42 Å². The van der Waals surface area contributed by atoms with Gasteiger partial charge in [-0.05, 0) is 36.2 Å². The van der Waals surface area contributed by atoms with Gasteiger partial charge in [-0.3, -0.25) is 4.79 Å². The minimum Gasteiger partial charge on any atom is -0.321 e. The number of nitriles is 1. The van der Waals surface area contributed by atoms with Crippen LogP contribution in [0, 0.1) is 11.3 Å². The van der Waals surface area contributed by atoms with Crippen LogP contribution in [0.2, 0.25) is 5.02 Å². The van der Waals surface area contributed by atoms with Gasteiger partial charge in [0, 0.05) is 10.6 Å². The molecule has 0 atom stereocenters. The van der Waals surface area contributed by atoms with E-state index in [1.54, 1.807) is 24.3 Å². The number of aryl methyl sites for hydroxylation is 1. The van der Waals surface area contributed by atoms with E-state index in [-0.39, 0.29) is 5.91 Å². The molecule has 2 aromatic rings. The molecule has 0 aliphatic carbocycles. The van der Waals surface area contributed by atoms with Gasteiger partial charge in [0.15, 0.2) is 0 Å². The van der Waals surface area contributed by atoms with E-state index in [9.17, 15) is 4.79 Å². The van der Waals surface area contributed by atoms with Crippen LogP contribution >= 0.6 is 11.6 Å². The Hall–Kier alpha value is -2.31. The molecule has 2 rings (SSSR count). The Bertz CT molecular complexity index is 689. The fourth-order valence-electron chi connectivity index (χ4n) is 1.96. The molecular weight excluding hydrogens is 272 g/mol. The largest absolute Gasteiger partial charge is 0.321 e. The highest BCUT2D eigenvalue weighted by Crippen LogP contribution is 2.21. The normalized spacial score (nSPS) is 9.85. The minimum absolute atomic E-state index is 0.235. The number of halogens is 1. The average Bonchev–Trinajstić information content (AvgIpc) is 2.47. The highest BCUT2D eigenvalue weighted by molar-refractivity contribution is 6.31. The first-order valence-corrected chi connectivity index (χ1v) is 6.62. The third kappa shape index (κ3) is 2.98. The second-order valence-electron chi connectivity index (χ2n) is 4.27. The SMILES string of the molecule is CCc1ccccc1C(=O)Nc1cc(Cl)ccc1C#N. The lowest BCUT2D eigenvalue weighted by molar-refractivity contribution is 0.102. The van der Waals surface area contributed by atoms with E-state index >= 15 is 0 Å². The van der Waals surface area contributed by atoms with E-state index in [0.29, 0.717) is 21.8 Å². The first-order valence-electron chi connectivity index (χ1n) is 6.24. The van der Waals surface area contributed by atoms with E-state index in [4.69, 9.17) is 16.9 Å². The van der Waals surface area contributed by atoms with E-state index in [1.165, 1.54) is 0 Å². The number of hydrogen-bond acceptors (Lipinski definition) is 2. The van der Waals surface area contributed by atoms with Crippen LogP contribution in [0.15, 0.2) is 42.5 Å². The van der Waals surface area contributed by atoms with Crippen LogP contribution in [0.5, 0.6) is 0 Å². The van der Waals surface area contributed by atoms with Gasteiger partial charge in [-0.25, -0.2) is 0 Å². The lowest BCUT2D eigenvalue weighted by Gasteiger charge is -2.10. The van der Waals surface area contributed by atoms with Crippen LogP contribution in [-0.4, -0.2) is 5.91 Å². The van der Waals surface area contributed by atoms with Gasteiger partial charge in [-0.15, -0.1) is 0 Å². The van der Waals surface area contributed by atoms with Crippen LogP contribution in [0.1, 0.15) is 28.4 Å². The van der Waals surface area contributed by atoms with Crippen molar-refractivity contribution in [2.24, 2.45) is 0 Å². The molecule has 2 aromatic carbocycles. The molecule has 20 heavy (non-hydrogen) atoms. The summed E-state index contributed by atoms with van der Waals surface area (Å²) in [6, 6.07) is 14.2. The molecule has 1 N–H and O–H groups in total. The Morgan fingerprint density at radius 1 is 1.30 bits per heavy atom. The fourth-order valence-corrected chi connectivity index (χ4v) is 2.13. The number of nitrogens with zero attached hydrogens (tertiary/aromatic N) is 1. The molecule has 0 saturated heterocycles. The molecule has 100 valence electrons. The number of carbonyl (C=O) groups is 1. The molecule has 3 nitrogen and oxygen atoms in total. The Morgan fingerprint density at radius 2 is 2.05 bits per heavy atom. The maximum atomic E-state index is 12.3. The zero-order valence-corrected chi connectivity index (χ0v) is 11.7. The predicted octanol–water partition coefficient (Wildman–Crippen LogP) is 4.03. The van der Waals surface area contributed by atoms with E-state index in [1.807, 2.05) is 31.2 Å². The van der Waals surface area contributed by atoms with Crippen LogP contribution in [0.3, 0.4) is 0 Å². The summed E-state index contributed by atoms with van der Waals surface area (Å²) in [7, 11) is 0. The fraction of sp³-hybridized carbons (Fsp3) is 0.125. The Labute approximate surface area is 122 Å². The van der Waals surface area contributed by atoms with Gasteiger partial charge in [0.1, 0.15) is 6.07 Å². The van der Waals surface area contributed by atoms with Crippen molar-refractivity contribution >= 4 is 23.2 Å². The first kappa shape index (κ1) is 14.1. The summed E-state index contributed by atoms with van der Waals surface area (Å²) >= 11 is 5.90. The molecule has 0 heterocycles. The molecule has 0 aromatic heterocycles. The lowest BCUT2D eigenvalue weighted by atomic mass is 10.0. The molecule has 0 aliphatic rings. The van der Waals surface area contributed by atoms with Crippen molar-refractivity contribution in [3.8, 4) is 6.07 Å². The number of rotatable bonds is 3. The van der Waals surface area contributed by atoms with Gasteiger partial charge >= 0.3 is 0 Å². The summed E-state index contributed by atoms with van der Waals surface area (Å²) in [5, 5.41) is 12.3. The molecule has 0 saturated carbocycles. The van der Waals surface area contributed by atoms with Crippen LogP contribution < -0.4 is 5.32 Å². The number of hydrogen-bond donors (Lipinski definition) is 1. The maximum Gasteiger partial charge on any atom is 0.255 e. The summed E-state index contributed by atoms with van der Waals surface area (Å²) < 4.78 is 0. The lowest BCUT2D eigenvalue weighted by Crippen LogP contribution is -2.14. The predicted molar refractivity (Wildman–Crippen MR) is 79.9 cm³/mol. The molecule has 0 aliphatic heterocycles. The van der Waals surface area contributed by atoms with Gasteiger partial charge in [-0.1, -0.05) is 36.7 Å². The zero-order valence-electron chi connectivity index (χ0n) is 11.0.